The van der Waals surface area contributed by atoms with Crippen LogP contribution >= 0.6 is 11.6 Å². The molecule has 0 aliphatic heterocycles. The van der Waals surface area contributed by atoms with Gasteiger partial charge in [-0.2, -0.15) is 0 Å². The first kappa shape index (κ1) is 11.4. The van der Waals surface area contributed by atoms with Crippen LogP contribution in [0.15, 0.2) is 41.1 Å². The van der Waals surface area contributed by atoms with Gasteiger partial charge in [0.1, 0.15) is 0 Å². The van der Waals surface area contributed by atoms with E-state index in [1.807, 2.05) is 13.1 Å². The molecule has 0 unspecified atom stereocenters. The van der Waals surface area contributed by atoms with Crippen molar-refractivity contribution >= 4 is 11.6 Å². The Labute approximate surface area is 102 Å². The first-order valence-electron chi connectivity index (χ1n) is 5.60. The van der Waals surface area contributed by atoms with Crippen LogP contribution in [0, 0.1) is 12.8 Å². The van der Waals surface area contributed by atoms with Crippen molar-refractivity contribution < 1.29 is 0 Å². The van der Waals surface area contributed by atoms with Gasteiger partial charge in [-0.3, -0.25) is 4.98 Å². The van der Waals surface area contributed by atoms with E-state index in [0.29, 0.717) is 5.92 Å². The highest BCUT2D eigenvalue weighted by atomic mass is 35.5. The average molecular weight is 234 g/mol. The molecule has 0 spiro atoms. The number of halogens is 1. The molecule has 1 atom stereocenters. The van der Waals surface area contributed by atoms with E-state index in [0.717, 1.165) is 23.6 Å². The van der Waals surface area contributed by atoms with Gasteiger partial charge in [-0.15, -0.1) is 0 Å². The number of aromatic nitrogens is 1. The van der Waals surface area contributed by atoms with Crippen molar-refractivity contribution in [3.63, 3.8) is 0 Å². The van der Waals surface area contributed by atoms with Gasteiger partial charge in [0.2, 0.25) is 0 Å². The number of rotatable bonds is 2. The summed E-state index contributed by atoms with van der Waals surface area (Å²) in [6, 6.07) is 4.21. The second-order valence-electron chi connectivity index (χ2n) is 4.42. The molecule has 1 aromatic heterocycles. The van der Waals surface area contributed by atoms with Crippen molar-refractivity contribution in [1.82, 2.24) is 4.98 Å². The third kappa shape index (κ3) is 2.73. The predicted octanol–water partition coefficient (Wildman–Crippen LogP) is 4.02. The van der Waals surface area contributed by atoms with Gasteiger partial charge in [-0.1, -0.05) is 29.8 Å². The first-order valence-corrected chi connectivity index (χ1v) is 5.98. The van der Waals surface area contributed by atoms with Gasteiger partial charge in [0, 0.05) is 16.9 Å². The van der Waals surface area contributed by atoms with Crippen LogP contribution < -0.4 is 0 Å². The molecule has 1 nitrogen and oxygen atoms in total. The summed E-state index contributed by atoms with van der Waals surface area (Å²) in [5, 5.41) is 0.993. The number of aryl methyl sites for hydroxylation is 1. The fraction of sp³-hybridized carbons (Fsp3) is 0.357. The lowest BCUT2D eigenvalue weighted by molar-refractivity contribution is 0.641. The third-order valence-electron chi connectivity index (χ3n) is 2.96. The summed E-state index contributed by atoms with van der Waals surface area (Å²) in [4.78, 5) is 4.31. The van der Waals surface area contributed by atoms with Crippen molar-refractivity contribution in [1.29, 1.82) is 0 Å². The highest BCUT2D eigenvalue weighted by Gasteiger charge is 2.13. The number of hydrogen-bond acceptors (Lipinski definition) is 1. The Balaban J connectivity index is 2.02. The largest absolute Gasteiger partial charge is 0.261 e. The van der Waals surface area contributed by atoms with Crippen LogP contribution in [-0.4, -0.2) is 4.98 Å². The second kappa shape index (κ2) is 4.84. The molecule has 0 aromatic carbocycles. The molecule has 84 valence electrons. The lowest BCUT2D eigenvalue weighted by atomic mass is 9.91. The van der Waals surface area contributed by atoms with E-state index in [4.69, 9.17) is 11.6 Å². The highest BCUT2D eigenvalue weighted by molar-refractivity contribution is 6.30. The van der Waals surface area contributed by atoms with Gasteiger partial charge >= 0.3 is 0 Å². The maximum atomic E-state index is 6.17. The van der Waals surface area contributed by atoms with Crippen molar-refractivity contribution in [3.05, 3.63) is 52.3 Å². The zero-order chi connectivity index (χ0) is 11.5. The molecule has 2 heteroatoms. The number of allylic oxidation sites excluding steroid dienone is 4. The van der Waals surface area contributed by atoms with E-state index in [9.17, 15) is 0 Å². The Morgan fingerprint density at radius 3 is 2.81 bits per heavy atom. The Kier molecular flexibility index (Phi) is 3.45. The van der Waals surface area contributed by atoms with Crippen molar-refractivity contribution in [2.75, 3.05) is 0 Å². The smallest absolute Gasteiger partial charge is 0.0372 e. The van der Waals surface area contributed by atoms with Gasteiger partial charge in [-0.25, -0.2) is 0 Å². The summed E-state index contributed by atoms with van der Waals surface area (Å²) >= 11 is 6.17. The van der Waals surface area contributed by atoms with E-state index in [2.05, 4.69) is 36.2 Å². The quantitative estimate of drug-likeness (QED) is 0.752. The van der Waals surface area contributed by atoms with E-state index in [-0.39, 0.29) is 0 Å². The van der Waals surface area contributed by atoms with E-state index in [1.165, 1.54) is 11.1 Å². The van der Waals surface area contributed by atoms with Gasteiger partial charge < -0.3 is 0 Å². The SMILES string of the molecule is CC1=C(Cl)C[C@@H](Cc2ccc(C)nc2)C=C1. The van der Waals surface area contributed by atoms with Crippen LogP contribution in [0.1, 0.15) is 24.6 Å². The van der Waals surface area contributed by atoms with Gasteiger partial charge in [0.15, 0.2) is 0 Å². The molecule has 0 N–H and O–H groups in total. The minimum Gasteiger partial charge on any atom is -0.261 e. The Morgan fingerprint density at radius 1 is 1.38 bits per heavy atom. The van der Waals surface area contributed by atoms with Crippen molar-refractivity contribution in [3.8, 4) is 0 Å². The van der Waals surface area contributed by atoms with Crippen LogP contribution in [0.25, 0.3) is 0 Å². The summed E-state index contributed by atoms with van der Waals surface area (Å²) in [6.07, 6.45) is 8.31. The fourth-order valence-electron chi connectivity index (χ4n) is 1.89. The van der Waals surface area contributed by atoms with Crippen LogP contribution in [0.2, 0.25) is 0 Å². The highest BCUT2D eigenvalue weighted by Crippen LogP contribution is 2.28. The van der Waals surface area contributed by atoms with Crippen LogP contribution in [0.5, 0.6) is 0 Å². The molecule has 0 bridgehead atoms. The molecule has 2 rings (SSSR count). The minimum absolute atomic E-state index is 0.515. The average Bonchev–Trinajstić information content (AvgIpc) is 2.27. The summed E-state index contributed by atoms with van der Waals surface area (Å²) in [7, 11) is 0. The summed E-state index contributed by atoms with van der Waals surface area (Å²) in [5.74, 6) is 0.515. The van der Waals surface area contributed by atoms with Crippen LogP contribution in [-0.2, 0) is 6.42 Å². The van der Waals surface area contributed by atoms with Gasteiger partial charge in [-0.05, 0) is 49.8 Å². The molecule has 0 fully saturated rings. The summed E-state index contributed by atoms with van der Waals surface area (Å²) in [6.45, 7) is 4.07. The van der Waals surface area contributed by atoms with Crippen molar-refractivity contribution in [2.24, 2.45) is 5.92 Å². The Hall–Kier alpha value is -1.08. The molecule has 0 radical (unpaired) electrons. The molecular weight excluding hydrogens is 218 g/mol. The lowest BCUT2D eigenvalue weighted by Crippen LogP contribution is -2.06. The zero-order valence-electron chi connectivity index (χ0n) is 9.70. The maximum absolute atomic E-state index is 6.17. The molecular formula is C14H16ClN. The van der Waals surface area contributed by atoms with E-state index >= 15 is 0 Å². The molecule has 1 heterocycles. The summed E-state index contributed by atoms with van der Waals surface area (Å²) in [5.41, 5.74) is 3.54. The molecule has 1 aromatic rings. The minimum atomic E-state index is 0.515. The maximum Gasteiger partial charge on any atom is 0.0372 e. The number of pyridine rings is 1. The van der Waals surface area contributed by atoms with Gasteiger partial charge in [0.25, 0.3) is 0 Å². The normalized spacial score (nSPS) is 20.3. The van der Waals surface area contributed by atoms with Crippen LogP contribution in [0.3, 0.4) is 0 Å². The van der Waals surface area contributed by atoms with Gasteiger partial charge in [0.05, 0.1) is 0 Å². The van der Waals surface area contributed by atoms with Crippen LogP contribution in [0.4, 0.5) is 0 Å². The van der Waals surface area contributed by atoms with E-state index in [1.54, 1.807) is 0 Å². The Bertz CT molecular complexity index is 429. The third-order valence-corrected chi connectivity index (χ3v) is 3.41. The first-order chi connectivity index (χ1) is 7.65. The van der Waals surface area contributed by atoms with E-state index < -0.39 is 0 Å². The lowest BCUT2D eigenvalue weighted by Gasteiger charge is -2.17. The molecule has 1 aliphatic rings. The standard InChI is InChI=1S/C14H16ClN/c1-10-3-5-12(8-14(10)15)7-13-6-4-11(2)16-9-13/h3-6,9,12H,7-8H2,1-2H3/t12-/m1/s1. The Morgan fingerprint density at radius 2 is 2.19 bits per heavy atom. The zero-order valence-corrected chi connectivity index (χ0v) is 10.5. The predicted molar refractivity (Wildman–Crippen MR) is 68.5 cm³/mol. The second-order valence-corrected chi connectivity index (χ2v) is 4.88. The van der Waals surface area contributed by atoms with Crippen molar-refractivity contribution in [2.45, 2.75) is 26.7 Å². The number of hydrogen-bond donors (Lipinski definition) is 0. The molecule has 0 amide bonds. The number of nitrogens with zero attached hydrogens (tertiary/aromatic N) is 1. The fourth-order valence-corrected chi connectivity index (χ4v) is 2.15. The summed E-state index contributed by atoms with van der Waals surface area (Å²) < 4.78 is 0. The molecule has 1 aliphatic carbocycles. The molecule has 0 saturated carbocycles. The molecule has 16 heavy (non-hydrogen) atoms. The topological polar surface area (TPSA) is 12.9 Å². The monoisotopic (exact) mass is 233 g/mol. The molecule has 0 saturated heterocycles.